The third kappa shape index (κ3) is 3.94. The lowest BCUT2D eigenvalue weighted by Gasteiger charge is -2.34. The summed E-state index contributed by atoms with van der Waals surface area (Å²) in [5.74, 6) is 0.348. The fourth-order valence-electron chi connectivity index (χ4n) is 2.76. The molecule has 7 nitrogen and oxygen atoms in total. The number of carbonyl (C=O) groups is 2. The molecule has 0 unspecified atom stereocenters. The topological polar surface area (TPSA) is 78.4 Å². The minimum atomic E-state index is -0.289. The zero-order chi connectivity index (χ0) is 18.7. The van der Waals surface area contributed by atoms with E-state index in [-0.39, 0.29) is 11.8 Å². The first-order valence-corrected chi connectivity index (χ1v) is 8.72. The molecule has 1 N–H and O–H groups in total. The number of halogens is 1. The maximum Gasteiger partial charge on any atom is 0.258 e. The van der Waals surface area contributed by atoms with E-state index in [1.165, 1.54) is 12.4 Å². The maximum absolute atomic E-state index is 12.4. The van der Waals surface area contributed by atoms with Crippen molar-refractivity contribution < 1.29 is 9.59 Å². The molecule has 0 spiro atoms. The number of piperazine rings is 1. The van der Waals surface area contributed by atoms with Crippen LogP contribution < -0.4 is 10.2 Å². The Bertz CT molecular complexity index is 817. The normalized spacial score (nSPS) is 14.3. The molecule has 1 aromatic heterocycles. The summed E-state index contributed by atoms with van der Waals surface area (Å²) in [6.07, 6.45) is 3.02. The number of anilines is 2. The van der Waals surface area contributed by atoms with Crippen LogP contribution >= 0.6 is 11.6 Å². The van der Waals surface area contributed by atoms with Gasteiger partial charge < -0.3 is 15.1 Å². The van der Waals surface area contributed by atoms with Crippen molar-refractivity contribution in [2.45, 2.75) is 13.8 Å². The summed E-state index contributed by atoms with van der Waals surface area (Å²) in [6, 6.07) is 5.35. The van der Waals surface area contributed by atoms with Crippen LogP contribution in [-0.2, 0) is 4.79 Å². The molecule has 0 radical (unpaired) electrons. The summed E-state index contributed by atoms with van der Waals surface area (Å²) in [7, 11) is 0. The molecule has 0 aliphatic carbocycles. The Kier molecular flexibility index (Phi) is 5.37. The molecule has 2 aromatic rings. The number of carbonyl (C=O) groups excluding carboxylic acids is 2. The first-order valence-electron chi connectivity index (χ1n) is 8.34. The second kappa shape index (κ2) is 7.70. The predicted octanol–water partition coefficient (Wildman–Crippen LogP) is 2.36. The number of nitrogens with zero attached hydrogens (tertiary/aromatic N) is 4. The largest absolute Gasteiger partial charge is 0.339 e. The lowest BCUT2D eigenvalue weighted by molar-refractivity contribution is -0.129. The molecule has 8 heteroatoms. The van der Waals surface area contributed by atoms with Crippen LogP contribution in [0.2, 0.25) is 5.02 Å². The van der Waals surface area contributed by atoms with Crippen LogP contribution in [0.1, 0.15) is 22.8 Å². The number of nitrogens with one attached hydrogen (secondary N) is 1. The van der Waals surface area contributed by atoms with Gasteiger partial charge in [-0.15, -0.1) is 0 Å². The summed E-state index contributed by atoms with van der Waals surface area (Å²) >= 11 is 6.07. The third-order valence-electron chi connectivity index (χ3n) is 4.42. The van der Waals surface area contributed by atoms with Gasteiger partial charge in [0.25, 0.3) is 5.91 Å². The van der Waals surface area contributed by atoms with Gasteiger partial charge in [0.2, 0.25) is 11.9 Å². The second-order valence-electron chi connectivity index (χ2n) is 6.13. The van der Waals surface area contributed by atoms with Crippen molar-refractivity contribution in [2.24, 2.45) is 0 Å². The van der Waals surface area contributed by atoms with Crippen LogP contribution in [-0.4, -0.2) is 52.9 Å². The third-order valence-corrected chi connectivity index (χ3v) is 4.83. The molecule has 26 heavy (non-hydrogen) atoms. The van der Waals surface area contributed by atoms with Gasteiger partial charge in [-0.3, -0.25) is 9.59 Å². The summed E-state index contributed by atoms with van der Waals surface area (Å²) in [4.78, 5) is 36.2. The standard InChI is InChI=1S/C18H20ClN5O2/c1-12-15(19)4-3-5-16(12)22-17(26)14-10-20-18(21-11-14)24-8-6-23(7-9-24)13(2)25/h3-5,10-11H,6-9H2,1-2H3,(H,22,26). The monoisotopic (exact) mass is 373 g/mol. The van der Waals surface area contributed by atoms with Crippen molar-refractivity contribution in [3.05, 3.63) is 46.7 Å². The zero-order valence-electron chi connectivity index (χ0n) is 14.7. The Balaban J connectivity index is 1.65. The number of amides is 2. The highest BCUT2D eigenvalue weighted by Gasteiger charge is 2.20. The number of rotatable bonds is 3. The molecule has 1 aromatic carbocycles. The van der Waals surface area contributed by atoms with Gasteiger partial charge >= 0.3 is 0 Å². The molecular weight excluding hydrogens is 354 g/mol. The van der Waals surface area contributed by atoms with Crippen molar-refractivity contribution >= 4 is 35.1 Å². The van der Waals surface area contributed by atoms with Crippen LogP contribution in [0.3, 0.4) is 0 Å². The van der Waals surface area contributed by atoms with E-state index < -0.39 is 0 Å². The van der Waals surface area contributed by atoms with Gasteiger partial charge in [-0.25, -0.2) is 9.97 Å². The molecule has 2 heterocycles. The van der Waals surface area contributed by atoms with E-state index >= 15 is 0 Å². The Morgan fingerprint density at radius 2 is 1.77 bits per heavy atom. The molecule has 0 saturated carbocycles. The quantitative estimate of drug-likeness (QED) is 0.893. The lowest BCUT2D eigenvalue weighted by atomic mass is 10.2. The van der Waals surface area contributed by atoms with E-state index in [1.807, 2.05) is 11.8 Å². The Hall–Kier alpha value is -2.67. The average molecular weight is 374 g/mol. The fourth-order valence-corrected chi connectivity index (χ4v) is 2.94. The molecule has 2 amide bonds. The Morgan fingerprint density at radius 1 is 1.12 bits per heavy atom. The van der Waals surface area contributed by atoms with Crippen molar-refractivity contribution in [2.75, 3.05) is 36.4 Å². The van der Waals surface area contributed by atoms with Gasteiger partial charge in [0, 0.05) is 56.2 Å². The minimum absolute atomic E-state index is 0.0777. The lowest BCUT2D eigenvalue weighted by Crippen LogP contribution is -2.48. The highest BCUT2D eigenvalue weighted by atomic mass is 35.5. The highest BCUT2D eigenvalue weighted by molar-refractivity contribution is 6.31. The molecule has 1 aliphatic rings. The van der Waals surface area contributed by atoms with Crippen molar-refractivity contribution in [3.63, 3.8) is 0 Å². The molecular formula is C18H20ClN5O2. The van der Waals surface area contributed by atoms with Gasteiger partial charge in [0.05, 0.1) is 5.56 Å². The van der Waals surface area contributed by atoms with Gasteiger partial charge in [-0.05, 0) is 24.6 Å². The van der Waals surface area contributed by atoms with Gasteiger partial charge in [0.1, 0.15) is 0 Å². The van der Waals surface area contributed by atoms with Crippen LogP contribution in [0.4, 0.5) is 11.6 Å². The molecule has 136 valence electrons. The molecule has 1 saturated heterocycles. The average Bonchev–Trinajstić information content (AvgIpc) is 2.65. The number of hydrogen-bond acceptors (Lipinski definition) is 5. The maximum atomic E-state index is 12.4. The van der Waals surface area contributed by atoms with Gasteiger partial charge in [-0.1, -0.05) is 17.7 Å². The van der Waals surface area contributed by atoms with E-state index in [9.17, 15) is 9.59 Å². The van der Waals surface area contributed by atoms with Crippen molar-refractivity contribution in [1.82, 2.24) is 14.9 Å². The first-order chi connectivity index (χ1) is 12.5. The van der Waals surface area contributed by atoms with Crippen LogP contribution in [0, 0.1) is 6.92 Å². The molecule has 1 fully saturated rings. The predicted molar refractivity (Wildman–Crippen MR) is 101 cm³/mol. The van der Waals surface area contributed by atoms with Crippen molar-refractivity contribution in [3.8, 4) is 0 Å². The molecule has 3 rings (SSSR count). The number of benzene rings is 1. The van der Waals surface area contributed by atoms with Gasteiger partial charge in [-0.2, -0.15) is 0 Å². The molecule has 0 bridgehead atoms. The van der Waals surface area contributed by atoms with Crippen LogP contribution in [0.15, 0.2) is 30.6 Å². The fraction of sp³-hybridized carbons (Fsp3) is 0.333. The Morgan fingerprint density at radius 3 is 2.38 bits per heavy atom. The summed E-state index contributed by atoms with van der Waals surface area (Å²) in [6.45, 7) is 6.06. The summed E-state index contributed by atoms with van der Waals surface area (Å²) in [5.41, 5.74) is 1.84. The number of aromatic nitrogens is 2. The first kappa shape index (κ1) is 18.1. The smallest absolute Gasteiger partial charge is 0.258 e. The SMILES string of the molecule is CC(=O)N1CCN(c2ncc(C(=O)Nc3cccc(Cl)c3C)cn2)CC1. The summed E-state index contributed by atoms with van der Waals surface area (Å²) in [5, 5.41) is 3.42. The number of hydrogen-bond donors (Lipinski definition) is 1. The highest BCUT2D eigenvalue weighted by Crippen LogP contribution is 2.23. The van der Waals surface area contributed by atoms with E-state index in [0.717, 1.165) is 5.56 Å². The van der Waals surface area contributed by atoms with E-state index in [4.69, 9.17) is 11.6 Å². The van der Waals surface area contributed by atoms with E-state index in [2.05, 4.69) is 15.3 Å². The zero-order valence-corrected chi connectivity index (χ0v) is 15.5. The van der Waals surface area contributed by atoms with Crippen molar-refractivity contribution in [1.29, 1.82) is 0 Å². The van der Waals surface area contributed by atoms with Crippen LogP contribution in [0.25, 0.3) is 0 Å². The van der Waals surface area contributed by atoms with E-state index in [0.29, 0.717) is 48.4 Å². The molecule has 1 aliphatic heterocycles. The molecule has 0 atom stereocenters. The van der Waals surface area contributed by atoms with Crippen LogP contribution in [0.5, 0.6) is 0 Å². The second-order valence-corrected chi connectivity index (χ2v) is 6.54. The van der Waals surface area contributed by atoms with Gasteiger partial charge in [0.15, 0.2) is 0 Å². The minimum Gasteiger partial charge on any atom is -0.339 e. The van der Waals surface area contributed by atoms with E-state index in [1.54, 1.807) is 30.0 Å². The Labute approximate surface area is 157 Å². The summed E-state index contributed by atoms with van der Waals surface area (Å²) < 4.78 is 0.